The van der Waals surface area contributed by atoms with Crippen LogP contribution >= 0.6 is 11.3 Å². The second-order valence-corrected chi connectivity index (χ2v) is 4.73. The zero-order chi connectivity index (χ0) is 12.8. The maximum Gasteiger partial charge on any atom is 0.303 e. The molecule has 0 atom stereocenters. The van der Waals surface area contributed by atoms with E-state index in [1.807, 2.05) is 35.7 Å². The summed E-state index contributed by atoms with van der Waals surface area (Å²) in [5, 5.41) is 14.6. The first-order valence-corrected chi connectivity index (χ1v) is 6.56. The lowest BCUT2D eigenvalue weighted by atomic mass is 10.2. The number of hydrogen-bond donors (Lipinski definition) is 2. The summed E-state index contributed by atoms with van der Waals surface area (Å²) in [6.07, 6.45) is 0.612. The zero-order valence-corrected chi connectivity index (χ0v) is 10.6. The molecular weight excluding hydrogens is 248 g/mol. The van der Waals surface area contributed by atoms with Crippen molar-refractivity contribution in [3.8, 4) is 0 Å². The second kappa shape index (κ2) is 6.16. The molecule has 4 nitrogen and oxygen atoms in total. The smallest absolute Gasteiger partial charge is 0.303 e. The van der Waals surface area contributed by atoms with Crippen molar-refractivity contribution < 1.29 is 9.90 Å². The van der Waals surface area contributed by atoms with Gasteiger partial charge >= 0.3 is 5.97 Å². The van der Waals surface area contributed by atoms with Gasteiger partial charge in [0.1, 0.15) is 0 Å². The van der Waals surface area contributed by atoms with Gasteiger partial charge in [0.05, 0.1) is 12.1 Å². The van der Waals surface area contributed by atoms with E-state index in [4.69, 9.17) is 5.11 Å². The summed E-state index contributed by atoms with van der Waals surface area (Å²) in [6.45, 7) is 0.729. The molecule has 0 saturated carbocycles. The van der Waals surface area contributed by atoms with Gasteiger partial charge in [0.2, 0.25) is 0 Å². The van der Waals surface area contributed by atoms with E-state index in [1.54, 1.807) is 0 Å². The highest BCUT2D eigenvalue weighted by Crippen LogP contribution is 2.17. The third-order valence-corrected chi connectivity index (χ3v) is 3.28. The minimum absolute atomic E-state index is 0.127. The highest BCUT2D eigenvalue weighted by Gasteiger charge is 2.04. The predicted octanol–water partition coefficient (Wildman–Crippen LogP) is 2.77. The molecule has 94 valence electrons. The fourth-order valence-electron chi connectivity index (χ4n) is 1.51. The van der Waals surface area contributed by atoms with E-state index in [1.165, 1.54) is 16.9 Å². The van der Waals surface area contributed by atoms with Crippen LogP contribution in [0.15, 0.2) is 35.7 Å². The standard InChI is InChI=1S/C13H14N2O2S/c16-12(17)7-6-11-9-18-13(15-11)14-8-10-4-2-1-3-5-10/h1-5,9H,6-8H2,(H,14,15)(H,16,17). The zero-order valence-electron chi connectivity index (χ0n) is 9.80. The van der Waals surface area contributed by atoms with Crippen molar-refractivity contribution >= 4 is 22.4 Å². The lowest BCUT2D eigenvalue weighted by molar-refractivity contribution is -0.136. The molecule has 1 heterocycles. The minimum atomic E-state index is -0.790. The Balaban J connectivity index is 1.85. The summed E-state index contributed by atoms with van der Waals surface area (Å²) in [6, 6.07) is 10.1. The van der Waals surface area contributed by atoms with Gasteiger partial charge in [0.25, 0.3) is 0 Å². The van der Waals surface area contributed by atoms with E-state index in [9.17, 15) is 4.79 Å². The Hall–Kier alpha value is -1.88. The Bertz CT molecular complexity index is 511. The van der Waals surface area contributed by atoms with E-state index in [2.05, 4.69) is 10.3 Å². The number of benzene rings is 1. The van der Waals surface area contributed by atoms with Crippen LogP contribution in [0.1, 0.15) is 17.7 Å². The molecule has 0 fully saturated rings. The molecule has 0 saturated heterocycles. The summed E-state index contributed by atoms with van der Waals surface area (Å²) in [5.41, 5.74) is 2.03. The van der Waals surface area contributed by atoms with Crippen LogP contribution in [0.3, 0.4) is 0 Å². The largest absolute Gasteiger partial charge is 0.481 e. The Morgan fingerprint density at radius 3 is 2.83 bits per heavy atom. The highest BCUT2D eigenvalue weighted by atomic mass is 32.1. The molecule has 0 aliphatic rings. The van der Waals surface area contributed by atoms with E-state index in [-0.39, 0.29) is 6.42 Å². The molecule has 5 heteroatoms. The number of carboxylic acids is 1. The third-order valence-electron chi connectivity index (χ3n) is 2.43. The van der Waals surface area contributed by atoms with Crippen LogP contribution in [-0.4, -0.2) is 16.1 Å². The predicted molar refractivity (Wildman–Crippen MR) is 71.8 cm³/mol. The Morgan fingerprint density at radius 1 is 1.33 bits per heavy atom. The first-order valence-electron chi connectivity index (χ1n) is 5.68. The SMILES string of the molecule is O=C(O)CCc1csc(NCc2ccccc2)n1. The van der Waals surface area contributed by atoms with Crippen molar-refractivity contribution in [1.82, 2.24) is 4.98 Å². The van der Waals surface area contributed by atoms with E-state index >= 15 is 0 Å². The maximum absolute atomic E-state index is 10.5. The molecule has 0 amide bonds. The van der Waals surface area contributed by atoms with Crippen molar-refractivity contribution in [1.29, 1.82) is 0 Å². The highest BCUT2D eigenvalue weighted by molar-refractivity contribution is 7.13. The average molecular weight is 262 g/mol. The molecular formula is C13H14N2O2S. The molecule has 1 aromatic heterocycles. The topological polar surface area (TPSA) is 62.2 Å². The number of hydrogen-bond acceptors (Lipinski definition) is 4. The number of carbonyl (C=O) groups is 1. The summed E-state index contributed by atoms with van der Waals surface area (Å²) >= 11 is 1.51. The fourth-order valence-corrected chi connectivity index (χ4v) is 2.26. The number of thiazole rings is 1. The van der Waals surface area contributed by atoms with E-state index in [0.717, 1.165) is 17.4 Å². The van der Waals surface area contributed by atoms with Crippen LogP contribution in [0.5, 0.6) is 0 Å². The summed E-state index contributed by atoms with van der Waals surface area (Å²) < 4.78 is 0. The van der Waals surface area contributed by atoms with Crippen molar-refractivity contribution in [2.75, 3.05) is 5.32 Å². The molecule has 0 radical (unpaired) electrons. The number of aromatic nitrogens is 1. The Morgan fingerprint density at radius 2 is 2.11 bits per heavy atom. The number of rotatable bonds is 6. The van der Waals surface area contributed by atoms with Crippen molar-refractivity contribution in [2.45, 2.75) is 19.4 Å². The van der Waals surface area contributed by atoms with Crippen molar-refractivity contribution in [3.05, 3.63) is 47.0 Å². The summed E-state index contributed by atoms with van der Waals surface area (Å²) in [7, 11) is 0. The van der Waals surface area contributed by atoms with Gasteiger partial charge < -0.3 is 10.4 Å². The first-order chi connectivity index (χ1) is 8.74. The quantitative estimate of drug-likeness (QED) is 0.840. The molecule has 2 rings (SSSR count). The fraction of sp³-hybridized carbons (Fsp3) is 0.231. The molecule has 2 aromatic rings. The van der Waals surface area contributed by atoms with Crippen LogP contribution in [-0.2, 0) is 17.8 Å². The minimum Gasteiger partial charge on any atom is -0.481 e. The van der Waals surface area contributed by atoms with Crippen LogP contribution in [0.25, 0.3) is 0 Å². The normalized spacial score (nSPS) is 10.2. The lowest BCUT2D eigenvalue weighted by Gasteiger charge is -2.01. The number of carboxylic acid groups (broad SMARTS) is 1. The summed E-state index contributed by atoms with van der Waals surface area (Å²) in [4.78, 5) is 14.8. The molecule has 0 aliphatic heterocycles. The molecule has 1 aromatic carbocycles. The van der Waals surface area contributed by atoms with Gasteiger partial charge in [0, 0.05) is 18.3 Å². The van der Waals surface area contributed by atoms with Gasteiger partial charge in [-0.15, -0.1) is 11.3 Å². The Kier molecular flexibility index (Phi) is 4.30. The number of nitrogens with one attached hydrogen (secondary N) is 1. The first kappa shape index (κ1) is 12.6. The van der Waals surface area contributed by atoms with Crippen LogP contribution < -0.4 is 5.32 Å². The van der Waals surface area contributed by atoms with Gasteiger partial charge in [-0.3, -0.25) is 4.79 Å². The van der Waals surface area contributed by atoms with Gasteiger partial charge in [-0.05, 0) is 5.56 Å². The third kappa shape index (κ3) is 3.85. The van der Waals surface area contributed by atoms with Gasteiger partial charge in [-0.2, -0.15) is 0 Å². The van der Waals surface area contributed by atoms with Crippen LogP contribution in [0, 0.1) is 0 Å². The van der Waals surface area contributed by atoms with Crippen LogP contribution in [0.4, 0.5) is 5.13 Å². The number of nitrogens with zero attached hydrogens (tertiary/aromatic N) is 1. The maximum atomic E-state index is 10.5. The number of aliphatic carboxylic acids is 1. The van der Waals surface area contributed by atoms with Gasteiger partial charge in [0.15, 0.2) is 5.13 Å². The molecule has 0 bridgehead atoms. The van der Waals surface area contributed by atoms with Crippen LogP contribution in [0.2, 0.25) is 0 Å². The number of anilines is 1. The number of aryl methyl sites for hydroxylation is 1. The van der Waals surface area contributed by atoms with E-state index < -0.39 is 5.97 Å². The van der Waals surface area contributed by atoms with Crippen molar-refractivity contribution in [3.63, 3.8) is 0 Å². The molecule has 2 N–H and O–H groups in total. The monoisotopic (exact) mass is 262 g/mol. The van der Waals surface area contributed by atoms with Crippen molar-refractivity contribution in [2.24, 2.45) is 0 Å². The molecule has 0 spiro atoms. The van der Waals surface area contributed by atoms with E-state index in [0.29, 0.717) is 6.42 Å². The average Bonchev–Trinajstić information content (AvgIpc) is 2.83. The summed E-state index contributed by atoms with van der Waals surface area (Å²) in [5.74, 6) is -0.790. The second-order valence-electron chi connectivity index (χ2n) is 3.88. The van der Waals surface area contributed by atoms with Gasteiger partial charge in [-0.1, -0.05) is 30.3 Å². The van der Waals surface area contributed by atoms with Gasteiger partial charge in [-0.25, -0.2) is 4.98 Å². The Labute approximate surface area is 109 Å². The molecule has 18 heavy (non-hydrogen) atoms. The molecule has 0 unspecified atom stereocenters. The lowest BCUT2D eigenvalue weighted by Crippen LogP contribution is -2.00. The molecule has 0 aliphatic carbocycles.